The van der Waals surface area contributed by atoms with Gasteiger partial charge in [-0.25, -0.2) is 9.97 Å². The fourth-order valence-electron chi connectivity index (χ4n) is 5.39. The van der Waals surface area contributed by atoms with Gasteiger partial charge in [-0.3, -0.25) is 4.79 Å². The van der Waals surface area contributed by atoms with Crippen LogP contribution in [0.15, 0.2) is 18.7 Å². The van der Waals surface area contributed by atoms with Crippen LogP contribution in [0.1, 0.15) is 55.3 Å². The van der Waals surface area contributed by atoms with Crippen LogP contribution in [0.5, 0.6) is 0 Å². The van der Waals surface area contributed by atoms with Gasteiger partial charge in [-0.1, -0.05) is 0 Å². The summed E-state index contributed by atoms with van der Waals surface area (Å²) in [6.07, 6.45) is 13.7. The number of carbonyl (C=O) groups is 1. The minimum absolute atomic E-state index is 0.252. The molecule has 1 aromatic heterocycles. The third kappa shape index (κ3) is 1.99. The Labute approximate surface area is 113 Å². The maximum Gasteiger partial charge on any atom is 0.166 e. The van der Waals surface area contributed by atoms with Crippen LogP contribution in [-0.2, 0) is 0 Å². The second-order valence-corrected chi connectivity index (χ2v) is 7.14. The molecule has 3 heteroatoms. The minimum atomic E-state index is 0.252. The molecule has 0 spiro atoms. The van der Waals surface area contributed by atoms with Crippen molar-refractivity contribution in [3.63, 3.8) is 0 Å². The van der Waals surface area contributed by atoms with E-state index in [1.54, 1.807) is 12.4 Å². The van der Waals surface area contributed by atoms with Gasteiger partial charge in [0.25, 0.3) is 0 Å². The summed E-state index contributed by atoms with van der Waals surface area (Å²) in [5.41, 5.74) is 1.01. The van der Waals surface area contributed by atoms with Gasteiger partial charge >= 0.3 is 0 Å². The molecule has 0 amide bonds. The molecule has 1 aromatic rings. The predicted molar refractivity (Wildman–Crippen MR) is 71.6 cm³/mol. The molecule has 4 fully saturated rings. The summed E-state index contributed by atoms with van der Waals surface area (Å²) in [7, 11) is 0. The van der Waals surface area contributed by atoms with Gasteiger partial charge in [0, 0.05) is 18.8 Å². The van der Waals surface area contributed by atoms with Crippen molar-refractivity contribution in [2.75, 3.05) is 0 Å². The maximum atomic E-state index is 12.4. The standard InChI is InChI=1S/C16H20N2O/c19-15(14-8-17-10-18-9-14)7-16-4-11-1-12(5-16)3-13(2-11)6-16/h8-13H,1-7H2. The molecule has 4 aliphatic carbocycles. The first-order valence-corrected chi connectivity index (χ1v) is 7.51. The topological polar surface area (TPSA) is 42.9 Å². The van der Waals surface area contributed by atoms with Gasteiger partial charge in [0.15, 0.2) is 5.78 Å². The number of ketones is 1. The van der Waals surface area contributed by atoms with Crippen molar-refractivity contribution in [1.82, 2.24) is 9.97 Å². The maximum absolute atomic E-state index is 12.4. The molecule has 0 N–H and O–H groups in total. The molecule has 3 nitrogen and oxygen atoms in total. The summed E-state index contributed by atoms with van der Waals surface area (Å²) in [6.45, 7) is 0. The van der Waals surface area contributed by atoms with E-state index in [4.69, 9.17) is 0 Å². The third-order valence-electron chi connectivity index (χ3n) is 5.58. The van der Waals surface area contributed by atoms with Crippen LogP contribution in [0, 0.1) is 23.2 Å². The molecule has 0 saturated heterocycles. The van der Waals surface area contributed by atoms with E-state index in [9.17, 15) is 4.79 Å². The van der Waals surface area contributed by atoms with Gasteiger partial charge in [-0.2, -0.15) is 0 Å². The zero-order valence-electron chi connectivity index (χ0n) is 11.2. The highest BCUT2D eigenvalue weighted by molar-refractivity contribution is 5.95. The Kier molecular flexibility index (Phi) is 2.51. The lowest BCUT2D eigenvalue weighted by Crippen LogP contribution is -2.46. The molecule has 4 saturated carbocycles. The monoisotopic (exact) mass is 256 g/mol. The fourth-order valence-corrected chi connectivity index (χ4v) is 5.39. The van der Waals surface area contributed by atoms with Crippen molar-refractivity contribution in [2.45, 2.75) is 44.9 Å². The summed E-state index contributed by atoms with van der Waals surface area (Å²) < 4.78 is 0. The number of hydrogen-bond acceptors (Lipinski definition) is 3. The predicted octanol–water partition coefficient (Wildman–Crippen LogP) is 3.27. The molecule has 0 radical (unpaired) electrons. The van der Waals surface area contributed by atoms with Crippen LogP contribution in [0.2, 0.25) is 0 Å². The molecule has 4 aliphatic rings. The van der Waals surface area contributed by atoms with Crippen LogP contribution in [-0.4, -0.2) is 15.8 Å². The highest BCUT2D eigenvalue weighted by Crippen LogP contribution is 2.61. The number of carbonyl (C=O) groups excluding carboxylic acids is 1. The first-order valence-electron chi connectivity index (χ1n) is 7.51. The fraction of sp³-hybridized carbons (Fsp3) is 0.688. The number of nitrogens with zero attached hydrogens (tertiary/aromatic N) is 2. The van der Waals surface area contributed by atoms with Crippen LogP contribution in [0.4, 0.5) is 0 Å². The average molecular weight is 256 g/mol. The summed E-state index contributed by atoms with van der Waals surface area (Å²) >= 11 is 0. The van der Waals surface area contributed by atoms with Gasteiger partial charge in [0.1, 0.15) is 6.33 Å². The van der Waals surface area contributed by atoms with Crippen LogP contribution in [0.25, 0.3) is 0 Å². The molecule has 0 atom stereocenters. The van der Waals surface area contributed by atoms with Crippen molar-refractivity contribution in [2.24, 2.45) is 23.2 Å². The van der Waals surface area contributed by atoms with E-state index in [2.05, 4.69) is 9.97 Å². The van der Waals surface area contributed by atoms with E-state index in [1.807, 2.05) is 0 Å². The number of aromatic nitrogens is 2. The van der Waals surface area contributed by atoms with Gasteiger partial charge in [-0.15, -0.1) is 0 Å². The normalized spacial score (nSPS) is 39.5. The number of rotatable bonds is 3. The van der Waals surface area contributed by atoms with Crippen molar-refractivity contribution < 1.29 is 4.79 Å². The quantitative estimate of drug-likeness (QED) is 0.779. The molecule has 0 aromatic carbocycles. The van der Waals surface area contributed by atoms with Gasteiger partial charge in [-0.05, 0) is 61.7 Å². The smallest absolute Gasteiger partial charge is 0.166 e. The van der Waals surface area contributed by atoms with E-state index in [0.717, 1.165) is 24.2 Å². The lowest BCUT2D eigenvalue weighted by molar-refractivity contribution is -0.0524. The van der Waals surface area contributed by atoms with Crippen LogP contribution < -0.4 is 0 Å². The largest absolute Gasteiger partial charge is 0.294 e. The summed E-state index contributed by atoms with van der Waals surface area (Å²) in [5, 5.41) is 0. The first kappa shape index (κ1) is 11.6. The number of hydrogen-bond donors (Lipinski definition) is 0. The lowest BCUT2D eigenvalue weighted by atomic mass is 9.48. The Morgan fingerprint density at radius 3 is 2.11 bits per heavy atom. The van der Waals surface area contributed by atoms with Crippen LogP contribution in [0.3, 0.4) is 0 Å². The van der Waals surface area contributed by atoms with E-state index < -0.39 is 0 Å². The molecular formula is C16H20N2O. The van der Waals surface area contributed by atoms with Crippen molar-refractivity contribution in [3.8, 4) is 0 Å². The third-order valence-corrected chi connectivity index (χ3v) is 5.58. The van der Waals surface area contributed by atoms with Crippen molar-refractivity contribution in [3.05, 3.63) is 24.3 Å². The molecule has 0 aliphatic heterocycles. The number of Topliss-reactive ketones (excluding diaryl/α,β-unsaturated/α-hetero) is 1. The second kappa shape index (κ2) is 4.12. The van der Waals surface area contributed by atoms with Crippen molar-refractivity contribution >= 4 is 5.78 Å². The first-order chi connectivity index (χ1) is 9.22. The Morgan fingerprint density at radius 2 is 1.58 bits per heavy atom. The molecule has 5 rings (SSSR count). The van der Waals surface area contributed by atoms with Gasteiger partial charge in [0.2, 0.25) is 0 Å². The van der Waals surface area contributed by atoms with E-state index in [-0.39, 0.29) is 5.78 Å². The minimum Gasteiger partial charge on any atom is -0.294 e. The highest BCUT2D eigenvalue weighted by atomic mass is 16.1. The van der Waals surface area contributed by atoms with Crippen molar-refractivity contribution in [1.29, 1.82) is 0 Å². The van der Waals surface area contributed by atoms with E-state index in [0.29, 0.717) is 11.0 Å². The van der Waals surface area contributed by atoms with Gasteiger partial charge in [0.05, 0.1) is 5.56 Å². The zero-order chi connectivity index (χ0) is 12.9. The second-order valence-electron chi connectivity index (χ2n) is 7.14. The Morgan fingerprint density at radius 1 is 1.05 bits per heavy atom. The molecule has 0 unspecified atom stereocenters. The SMILES string of the molecule is O=C(CC12CC3CC(CC(C3)C1)C2)c1cncnc1. The lowest BCUT2D eigenvalue weighted by Gasteiger charge is -2.56. The summed E-state index contributed by atoms with van der Waals surface area (Å²) in [4.78, 5) is 20.4. The highest BCUT2D eigenvalue weighted by Gasteiger charge is 2.51. The van der Waals surface area contributed by atoms with Gasteiger partial charge < -0.3 is 0 Å². The molecule has 100 valence electrons. The Hall–Kier alpha value is -1.25. The Balaban J connectivity index is 1.55. The summed E-state index contributed by atoms with van der Waals surface area (Å²) in [5.74, 6) is 2.98. The molecule has 19 heavy (non-hydrogen) atoms. The molecule has 4 bridgehead atoms. The molecule has 1 heterocycles. The summed E-state index contributed by atoms with van der Waals surface area (Å²) in [6, 6.07) is 0. The van der Waals surface area contributed by atoms with Crippen LogP contribution >= 0.6 is 0 Å². The van der Waals surface area contributed by atoms with E-state index >= 15 is 0 Å². The van der Waals surface area contributed by atoms with E-state index in [1.165, 1.54) is 44.9 Å². The Bertz CT molecular complexity index is 461. The average Bonchev–Trinajstić information content (AvgIpc) is 2.37. The molecular weight excluding hydrogens is 236 g/mol. The zero-order valence-corrected chi connectivity index (χ0v) is 11.2.